The molecule has 0 saturated carbocycles. The van der Waals surface area contributed by atoms with E-state index in [0.29, 0.717) is 17.0 Å². The van der Waals surface area contributed by atoms with Crippen molar-refractivity contribution in [1.82, 2.24) is 10.7 Å². The van der Waals surface area contributed by atoms with Crippen LogP contribution in [0.2, 0.25) is 0 Å². The number of amides is 3. The number of hydrogen-bond donors (Lipinski definition) is 3. The molecule has 3 aromatic carbocycles. The molecule has 3 rings (SSSR count). The molecule has 0 aromatic heterocycles. The first kappa shape index (κ1) is 29.9. The van der Waals surface area contributed by atoms with E-state index in [1.54, 1.807) is 57.2 Å². The number of nitrogens with one attached hydrogen (secondary N) is 3. The fourth-order valence-corrected chi connectivity index (χ4v) is 3.27. The van der Waals surface area contributed by atoms with E-state index in [-0.39, 0.29) is 25.7 Å². The molecule has 0 heterocycles. The Morgan fingerprint density at radius 1 is 0.900 bits per heavy atom. The molecule has 1 atom stereocenters. The fourth-order valence-electron chi connectivity index (χ4n) is 3.27. The average molecular weight is 547 g/mol. The fraction of sp³-hybridized carbons (Fsp3) is 0.267. The van der Waals surface area contributed by atoms with Crippen LogP contribution in [0.5, 0.6) is 5.75 Å². The Bertz CT molecular complexity index is 1260. The number of rotatable bonds is 12. The van der Waals surface area contributed by atoms with Crippen molar-refractivity contribution in [3.8, 4) is 5.75 Å². The molecule has 210 valence electrons. The summed E-state index contributed by atoms with van der Waals surface area (Å²) in [5.41, 5.74) is 4.00. The summed E-state index contributed by atoms with van der Waals surface area (Å²) in [7, 11) is 0. The number of benzene rings is 3. The second-order valence-electron chi connectivity index (χ2n) is 9.71. The molecule has 40 heavy (non-hydrogen) atoms. The van der Waals surface area contributed by atoms with Gasteiger partial charge in [-0.25, -0.2) is 10.2 Å². The molecule has 0 aliphatic heterocycles. The number of ether oxygens (including phenoxy) is 3. The molecule has 0 unspecified atom stereocenters. The Kier molecular flexibility index (Phi) is 11.2. The number of hydrazone groups is 1. The minimum Gasteiger partial charge on any atom is -0.484 e. The largest absolute Gasteiger partial charge is 0.484 e. The summed E-state index contributed by atoms with van der Waals surface area (Å²) in [6.45, 7) is 5.23. The third-order valence-corrected chi connectivity index (χ3v) is 5.10. The lowest BCUT2D eigenvalue weighted by atomic mass is 10.2. The Balaban J connectivity index is 1.49. The smallest absolute Gasteiger partial charge is 0.408 e. The lowest BCUT2D eigenvalue weighted by molar-refractivity contribution is -0.124. The van der Waals surface area contributed by atoms with Gasteiger partial charge in [-0.15, -0.1) is 0 Å². The second kappa shape index (κ2) is 15.0. The molecule has 0 saturated heterocycles. The predicted octanol–water partition coefficient (Wildman–Crippen LogP) is 4.26. The first-order valence-electron chi connectivity index (χ1n) is 12.7. The zero-order valence-electron chi connectivity index (χ0n) is 22.8. The summed E-state index contributed by atoms with van der Waals surface area (Å²) in [6.07, 6.45) is 0.701. The van der Waals surface area contributed by atoms with Gasteiger partial charge in [-0.05, 0) is 68.3 Å². The van der Waals surface area contributed by atoms with Crippen LogP contribution in [0.15, 0.2) is 90.0 Å². The van der Waals surface area contributed by atoms with Crippen molar-refractivity contribution in [1.29, 1.82) is 0 Å². The maximum atomic E-state index is 12.8. The van der Waals surface area contributed by atoms with Gasteiger partial charge in [0.1, 0.15) is 17.4 Å². The third kappa shape index (κ3) is 11.4. The monoisotopic (exact) mass is 546 g/mol. The van der Waals surface area contributed by atoms with E-state index >= 15 is 0 Å². The highest BCUT2D eigenvalue weighted by Gasteiger charge is 2.24. The SMILES string of the molecule is CC(C)(C)OC(=O)N[C@@H](COCc1ccccc1)C(=O)N/N=C\c1ccc(OCC(=O)Nc2ccccc2)cc1. The first-order chi connectivity index (χ1) is 19.2. The topological polar surface area (TPSA) is 127 Å². The van der Waals surface area contributed by atoms with Gasteiger partial charge in [0.25, 0.3) is 11.8 Å². The zero-order chi connectivity index (χ0) is 28.8. The van der Waals surface area contributed by atoms with Gasteiger partial charge in [-0.1, -0.05) is 48.5 Å². The molecular weight excluding hydrogens is 512 g/mol. The zero-order valence-corrected chi connectivity index (χ0v) is 22.8. The van der Waals surface area contributed by atoms with Crippen LogP contribution in [0.4, 0.5) is 10.5 Å². The number of alkyl carbamates (subject to hydrolysis) is 1. The van der Waals surface area contributed by atoms with Crippen LogP contribution in [0.25, 0.3) is 0 Å². The minimum atomic E-state index is -1.03. The van der Waals surface area contributed by atoms with Crippen molar-refractivity contribution in [2.45, 2.75) is 39.0 Å². The van der Waals surface area contributed by atoms with Gasteiger partial charge in [-0.2, -0.15) is 5.10 Å². The van der Waals surface area contributed by atoms with E-state index in [1.165, 1.54) is 6.21 Å². The molecule has 0 spiro atoms. The molecule has 0 radical (unpaired) electrons. The van der Waals surface area contributed by atoms with E-state index in [0.717, 1.165) is 5.56 Å². The first-order valence-corrected chi connectivity index (χ1v) is 12.7. The summed E-state index contributed by atoms with van der Waals surface area (Å²) in [6, 6.07) is 24.4. The Labute approximate surface area is 233 Å². The number of nitrogens with zero attached hydrogens (tertiary/aromatic N) is 1. The van der Waals surface area contributed by atoms with Crippen molar-refractivity contribution < 1.29 is 28.6 Å². The van der Waals surface area contributed by atoms with Gasteiger partial charge >= 0.3 is 6.09 Å². The van der Waals surface area contributed by atoms with Gasteiger partial charge in [0, 0.05) is 5.69 Å². The second-order valence-corrected chi connectivity index (χ2v) is 9.71. The highest BCUT2D eigenvalue weighted by atomic mass is 16.6. The normalized spacial score (nSPS) is 11.9. The molecule has 3 aromatic rings. The number of hydrogen-bond acceptors (Lipinski definition) is 7. The highest BCUT2D eigenvalue weighted by molar-refractivity contribution is 5.92. The number of anilines is 1. The lowest BCUT2D eigenvalue weighted by Gasteiger charge is -2.22. The summed E-state index contributed by atoms with van der Waals surface area (Å²) >= 11 is 0. The van der Waals surface area contributed by atoms with Crippen molar-refractivity contribution in [2.75, 3.05) is 18.5 Å². The van der Waals surface area contributed by atoms with Gasteiger partial charge < -0.3 is 24.8 Å². The van der Waals surface area contributed by atoms with Gasteiger partial charge in [0.2, 0.25) is 0 Å². The van der Waals surface area contributed by atoms with Crippen LogP contribution in [0.3, 0.4) is 0 Å². The van der Waals surface area contributed by atoms with Crippen LogP contribution >= 0.6 is 0 Å². The maximum Gasteiger partial charge on any atom is 0.408 e. The van der Waals surface area contributed by atoms with Gasteiger partial charge in [-0.3, -0.25) is 9.59 Å². The summed E-state index contributed by atoms with van der Waals surface area (Å²) in [5.74, 6) is -0.344. The van der Waals surface area contributed by atoms with Crippen LogP contribution in [-0.2, 0) is 25.7 Å². The Hall–Kier alpha value is -4.70. The molecule has 10 heteroatoms. The molecule has 3 amide bonds. The Morgan fingerprint density at radius 3 is 2.20 bits per heavy atom. The van der Waals surface area contributed by atoms with E-state index in [1.807, 2.05) is 48.5 Å². The number of para-hydroxylation sites is 1. The minimum absolute atomic E-state index is 0.0840. The number of carbonyl (C=O) groups is 3. The Morgan fingerprint density at radius 2 is 1.55 bits per heavy atom. The summed E-state index contributed by atoms with van der Waals surface area (Å²) in [4.78, 5) is 37.1. The van der Waals surface area contributed by atoms with Crippen LogP contribution < -0.4 is 20.8 Å². The highest BCUT2D eigenvalue weighted by Crippen LogP contribution is 2.12. The van der Waals surface area contributed by atoms with E-state index in [4.69, 9.17) is 14.2 Å². The van der Waals surface area contributed by atoms with Crippen molar-refractivity contribution in [2.24, 2.45) is 5.10 Å². The molecule has 3 N–H and O–H groups in total. The molecular formula is C30H34N4O6. The molecule has 0 bridgehead atoms. The van der Waals surface area contributed by atoms with E-state index < -0.39 is 23.6 Å². The lowest BCUT2D eigenvalue weighted by Crippen LogP contribution is -2.49. The number of carbonyl (C=O) groups excluding carboxylic acids is 3. The van der Waals surface area contributed by atoms with Crippen molar-refractivity contribution in [3.63, 3.8) is 0 Å². The molecule has 0 aliphatic carbocycles. The van der Waals surface area contributed by atoms with Crippen LogP contribution in [-0.4, -0.2) is 49.0 Å². The molecule has 10 nitrogen and oxygen atoms in total. The quantitative estimate of drug-likeness (QED) is 0.230. The van der Waals surface area contributed by atoms with Crippen molar-refractivity contribution >= 4 is 29.8 Å². The predicted molar refractivity (Wildman–Crippen MR) is 152 cm³/mol. The van der Waals surface area contributed by atoms with Crippen LogP contribution in [0, 0.1) is 0 Å². The van der Waals surface area contributed by atoms with Crippen molar-refractivity contribution in [3.05, 3.63) is 96.1 Å². The average Bonchev–Trinajstić information content (AvgIpc) is 2.92. The third-order valence-electron chi connectivity index (χ3n) is 5.10. The molecule has 0 fully saturated rings. The van der Waals surface area contributed by atoms with E-state index in [9.17, 15) is 14.4 Å². The standard InChI is InChI=1S/C30H34N4O6/c1-30(2,3)40-29(37)33-26(20-38-19-23-10-6-4-7-11-23)28(36)34-31-18-22-14-16-25(17-15-22)39-21-27(35)32-24-12-8-5-9-13-24/h4-18,26H,19-21H2,1-3H3,(H,32,35)(H,33,37)(H,34,36)/b31-18-/t26-/m0/s1. The van der Waals surface area contributed by atoms with Gasteiger partial charge in [0.05, 0.1) is 19.4 Å². The van der Waals surface area contributed by atoms with E-state index in [2.05, 4.69) is 21.2 Å². The van der Waals surface area contributed by atoms with Crippen LogP contribution in [0.1, 0.15) is 31.9 Å². The maximum absolute atomic E-state index is 12.8. The van der Waals surface area contributed by atoms with Gasteiger partial charge in [0.15, 0.2) is 6.61 Å². The summed E-state index contributed by atoms with van der Waals surface area (Å²) < 4.78 is 16.4. The molecule has 0 aliphatic rings. The summed E-state index contributed by atoms with van der Waals surface area (Å²) in [5, 5.41) is 9.26.